The van der Waals surface area contributed by atoms with Gasteiger partial charge in [-0.2, -0.15) is 26.3 Å². The van der Waals surface area contributed by atoms with Crippen LogP contribution in [0.1, 0.15) is 12.8 Å². The van der Waals surface area contributed by atoms with E-state index in [0.717, 1.165) is 4.90 Å². The molecule has 1 fully saturated rings. The Morgan fingerprint density at radius 1 is 1.16 bits per heavy atom. The largest absolute Gasteiger partial charge is 0.497 e. The van der Waals surface area contributed by atoms with Gasteiger partial charge in [0.2, 0.25) is 10.0 Å². The molecule has 1 aromatic carbocycles. The van der Waals surface area contributed by atoms with Crippen molar-refractivity contribution >= 4 is 16.1 Å². The zero-order valence-corrected chi connectivity index (χ0v) is 17.0. The first kappa shape index (κ1) is 25.0. The summed E-state index contributed by atoms with van der Waals surface area (Å²) in [5.41, 5.74) is 0. The third-order valence-corrected chi connectivity index (χ3v) is 6.02. The maximum Gasteiger partial charge on any atom is 0.434 e. The van der Waals surface area contributed by atoms with E-state index in [-0.39, 0.29) is 43.3 Å². The van der Waals surface area contributed by atoms with E-state index in [1.165, 1.54) is 25.3 Å². The van der Waals surface area contributed by atoms with Crippen molar-refractivity contribution in [1.29, 1.82) is 0 Å². The van der Waals surface area contributed by atoms with E-state index in [2.05, 4.69) is 9.46 Å². The Morgan fingerprint density at radius 3 is 2.26 bits per heavy atom. The number of benzene rings is 1. The Balaban J connectivity index is 1.89. The number of nitrogens with zero attached hydrogens (tertiary/aromatic N) is 1. The van der Waals surface area contributed by atoms with Crippen LogP contribution < -0.4 is 9.46 Å². The van der Waals surface area contributed by atoms with Crippen LogP contribution in [0.5, 0.6) is 5.75 Å². The minimum Gasteiger partial charge on any atom is -0.497 e. The zero-order chi connectivity index (χ0) is 23.4. The van der Waals surface area contributed by atoms with Gasteiger partial charge >= 0.3 is 18.4 Å². The quantitative estimate of drug-likeness (QED) is 0.635. The minimum absolute atomic E-state index is 0.0177. The van der Waals surface area contributed by atoms with E-state index < -0.39 is 34.6 Å². The molecule has 1 amide bonds. The van der Waals surface area contributed by atoms with Gasteiger partial charge in [-0.25, -0.2) is 17.9 Å². The van der Waals surface area contributed by atoms with Gasteiger partial charge in [0, 0.05) is 25.7 Å². The number of sulfonamides is 1. The van der Waals surface area contributed by atoms with Gasteiger partial charge in [0.1, 0.15) is 5.75 Å². The molecule has 0 unspecified atom stereocenters. The van der Waals surface area contributed by atoms with Crippen molar-refractivity contribution in [3.05, 3.63) is 24.3 Å². The second-order valence-electron chi connectivity index (χ2n) is 6.81. The van der Waals surface area contributed by atoms with Crippen molar-refractivity contribution < 1.29 is 49.0 Å². The first-order chi connectivity index (χ1) is 14.2. The van der Waals surface area contributed by atoms with Crippen molar-refractivity contribution in [3.8, 4) is 5.75 Å². The number of halogens is 6. The highest BCUT2D eigenvalue weighted by atomic mass is 32.2. The SMILES string of the molecule is COc1cccc(S(=O)(=O)NCC2CCN(C(=O)OC(C(F)(F)F)C(F)(F)F)CC2)c1. The van der Waals surface area contributed by atoms with Gasteiger partial charge in [0.25, 0.3) is 6.10 Å². The lowest BCUT2D eigenvalue weighted by molar-refractivity contribution is -0.308. The first-order valence-electron chi connectivity index (χ1n) is 8.96. The van der Waals surface area contributed by atoms with Crippen LogP contribution in [0, 0.1) is 5.92 Å². The van der Waals surface area contributed by atoms with Gasteiger partial charge in [0.15, 0.2) is 0 Å². The molecule has 14 heteroatoms. The van der Waals surface area contributed by atoms with E-state index in [1.807, 2.05) is 0 Å². The van der Waals surface area contributed by atoms with Gasteiger partial charge in [-0.1, -0.05) is 6.07 Å². The summed E-state index contributed by atoms with van der Waals surface area (Å²) in [5, 5.41) is 0. The van der Waals surface area contributed by atoms with Crippen LogP contribution in [0.15, 0.2) is 29.2 Å². The summed E-state index contributed by atoms with van der Waals surface area (Å²) in [7, 11) is -2.48. The van der Waals surface area contributed by atoms with Crippen LogP contribution in [0.2, 0.25) is 0 Å². The summed E-state index contributed by atoms with van der Waals surface area (Å²) in [6.45, 7) is -0.365. The van der Waals surface area contributed by atoms with Crippen molar-refractivity contribution in [2.75, 3.05) is 26.7 Å². The number of alkyl halides is 6. The molecule has 0 saturated carbocycles. The molecule has 1 aromatic rings. The molecular weight excluding hydrogens is 458 g/mol. The number of nitrogens with one attached hydrogen (secondary N) is 1. The lowest BCUT2D eigenvalue weighted by Crippen LogP contribution is -2.49. The molecule has 7 nitrogen and oxygen atoms in total. The number of likely N-dealkylation sites (tertiary alicyclic amines) is 1. The van der Waals surface area contributed by atoms with E-state index in [1.54, 1.807) is 6.07 Å². The molecule has 1 aliphatic heterocycles. The van der Waals surface area contributed by atoms with E-state index in [0.29, 0.717) is 5.75 Å². The molecule has 31 heavy (non-hydrogen) atoms. The fraction of sp³-hybridized carbons (Fsp3) is 0.588. The van der Waals surface area contributed by atoms with Gasteiger partial charge in [-0.3, -0.25) is 0 Å². The van der Waals surface area contributed by atoms with E-state index >= 15 is 0 Å². The second kappa shape index (κ2) is 9.51. The van der Waals surface area contributed by atoms with Crippen molar-refractivity contribution in [2.24, 2.45) is 5.92 Å². The van der Waals surface area contributed by atoms with E-state index in [4.69, 9.17) is 4.74 Å². The lowest BCUT2D eigenvalue weighted by atomic mass is 9.97. The number of methoxy groups -OCH3 is 1. The third kappa shape index (κ3) is 6.89. The average molecular weight is 478 g/mol. The molecule has 1 saturated heterocycles. The van der Waals surface area contributed by atoms with Crippen LogP contribution in [0.3, 0.4) is 0 Å². The van der Waals surface area contributed by atoms with Crippen molar-refractivity contribution in [1.82, 2.24) is 9.62 Å². The Hall–Kier alpha value is -2.22. The molecular formula is C17H20F6N2O5S. The standard InChI is InChI=1S/C17H20F6N2O5S/c1-29-12-3-2-4-13(9-12)31(27,28)24-10-11-5-7-25(8-6-11)15(26)30-14(16(18,19)20)17(21,22)23/h2-4,9,11,14,24H,5-8,10H2,1H3. The molecule has 1 aliphatic rings. The Bertz CT molecular complexity index is 852. The Morgan fingerprint density at radius 2 is 1.74 bits per heavy atom. The molecule has 0 atom stereocenters. The van der Waals surface area contributed by atoms with Gasteiger partial charge in [-0.15, -0.1) is 0 Å². The number of ether oxygens (including phenoxy) is 2. The molecule has 2 rings (SSSR count). The van der Waals surface area contributed by atoms with Gasteiger partial charge in [0.05, 0.1) is 12.0 Å². The fourth-order valence-electron chi connectivity index (χ4n) is 2.89. The summed E-state index contributed by atoms with van der Waals surface area (Å²) in [6, 6.07) is 5.74. The highest BCUT2D eigenvalue weighted by Gasteiger charge is 2.60. The maximum absolute atomic E-state index is 12.5. The highest BCUT2D eigenvalue weighted by molar-refractivity contribution is 7.89. The van der Waals surface area contributed by atoms with Crippen LogP contribution in [-0.4, -0.2) is 64.6 Å². The zero-order valence-electron chi connectivity index (χ0n) is 16.2. The van der Waals surface area contributed by atoms with Crippen molar-refractivity contribution in [3.63, 3.8) is 0 Å². The predicted molar refractivity (Wildman–Crippen MR) is 94.9 cm³/mol. The predicted octanol–water partition coefficient (Wildman–Crippen LogP) is 3.32. The summed E-state index contributed by atoms with van der Waals surface area (Å²) >= 11 is 0. The van der Waals surface area contributed by atoms with Gasteiger partial charge < -0.3 is 14.4 Å². The smallest absolute Gasteiger partial charge is 0.434 e. The monoisotopic (exact) mass is 478 g/mol. The molecule has 176 valence electrons. The fourth-order valence-corrected chi connectivity index (χ4v) is 4.04. The normalized spacial score (nSPS) is 16.5. The highest BCUT2D eigenvalue weighted by Crippen LogP contribution is 2.36. The number of carbonyl (C=O) groups excluding carboxylic acids is 1. The number of carbonyl (C=O) groups is 1. The number of rotatable bonds is 6. The first-order valence-corrected chi connectivity index (χ1v) is 10.4. The minimum atomic E-state index is -5.79. The number of hydrogen-bond donors (Lipinski definition) is 1. The second-order valence-corrected chi connectivity index (χ2v) is 8.58. The van der Waals surface area contributed by atoms with Crippen LogP contribution >= 0.6 is 0 Å². The van der Waals surface area contributed by atoms with E-state index in [9.17, 15) is 39.6 Å². The molecule has 0 spiro atoms. The lowest BCUT2D eigenvalue weighted by Gasteiger charge is -2.33. The Kier molecular flexibility index (Phi) is 7.68. The third-order valence-electron chi connectivity index (χ3n) is 4.60. The van der Waals surface area contributed by atoms with Crippen LogP contribution in [0.25, 0.3) is 0 Å². The maximum atomic E-state index is 12.5. The van der Waals surface area contributed by atoms with Crippen LogP contribution in [-0.2, 0) is 14.8 Å². The van der Waals surface area contributed by atoms with Gasteiger partial charge in [-0.05, 0) is 30.9 Å². The Labute approximate surface area is 174 Å². The molecule has 0 bridgehead atoms. The molecule has 0 aliphatic carbocycles. The molecule has 1 heterocycles. The molecule has 1 N–H and O–H groups in total. The van der Waals surface area contributed by atoms with Crippen molar-refractivity contribution in [2.45, 2.75) is 36.2 Å². The number of piperidine rings is 1. The summed E-state index contributed by atoms with van der Waals surface area (Å²) in [5.74, 6) is 0.0659. The number of amides is 1. The molecule has 0 radical (unpaired) electrons. The van der Waals surface area contributed by atoms with Crippen LogP contribution in [0.4, 0.5) is 31.1 Å². The average Bonchev–Trinajstić information content (AvgIpc) is 2.69. The summed E-state index contributed by atoms with van der Waals surface area (Å²) < 4.78 is 111. The summed E-state index contributed by atoms with van der Waals surface area (Å²) in [6.07, 6.45) is -17.2. The topological polar surface area (TPSA) is 84.9 Å². The molecule has 0 aromatic heterocycles. The summed E-state index contributed by atoms with van der Waals surface area (Å²) in [4.78, 5) is 12.5. The number of hydrogen-bond acceptors (Lipinski definition) is 5.